The first-order valence-corrected chi connectivity index (χ1v) is 7.88. The molecule has 2 saturated carbocycles. The van der Waals surface area contributed by atoms with Crippen LogP contribution in [-0.4, -0.2) is 18.0 Å². The summed E-state index contributed by atoms with van der Waals surface area (Å²) in [5.41, 5.74) is 0.166. The highest BCUT2D eigenvalue weighted by Gasteiger charge is 2.49. The predicted molar refractivity (Wildman–Crippen MR) is 71.5 cm³/mol. The van der Waals surface area contributed by atoms with Crippen LogP contribution in [0.1, 0.15) is 71.1 Å². The summed E-state index contributed by atoms with van der Waals surface area (Å²) in [6, 6.07) is 0. The molecule has 0 N–H and O–H groups in total. The Labute approximate surface area is 110 Å². The van der Waals surface area contributed by atoms with Crippen LogP contribution in [0, 0.1) is 11.3 Å². The van der Waals surface area contributed by atoms with Gasteiger partial charge >= 0.3 is 0 Å². The van der Waals surface area contributed by atoms with E-state index in [0.717, 1.165) is 38.7 Å². The minimum absolute atomic E-state index is 0.0486. The molecule has 0 amide bonds. The van der Waals surface area contributed by atoms with Crippen molar-refractivity contribution in [2.45, 2.75) is 76.7 Å². The molecule has 0 aromatic carbocycles. The zero-order valence-electron chi connectivity index (χ0n) is 11.7. The van der Waals surface area contributed by atoms with Crippen LogP contribution in [0.2, 0.25) is 0 Å². The van der Waals surface area contributed by atoms with Gasteiger partial charge in [-0.05, 0) is 51.4 Å². The molecule has 1 spiro atoms. The average Bonchev–Trinajstić information content (AvgIpc) is 2.86. The summed E-state index contributed by atoms with van der Waals surface area (Å²) in [4.78, 5) is 12.9. The number of rotatable bonds is 3. The fourth-order valence-electron chi connectivity index (χ4n) is 4.43. The van der Waals surface area contributed by atoms with E-state index in [4.69, 9.17) is 4.74 Å². The van der Waals surface area contributed by atoms with Gasteiger partial charge in [0.2, 0.25) is 0 Å². The van der Waals surface area contributed by atoms with Crippen molar-refractivity contribution in [3.05, 3.63) is 0 Å². The Morgan fingerprint density at radius 2 is 1.89 bits per heavy atom. The largest absolute Gasteiger partial charge is 0.375 e. The summed E-state index contributed by atoms with van der Waals surface area (Å²) in [5, 5.41) is 0. The zero-order valence-corrected chi connectivity index (χ0v) is 11.7. The van der Waals surface area contributed by atoms with Gasteiger partial charge in [-0.2, -0.15) is 0 Å². The van der Waals surface area contributed by atoms with Crippen LogP contribution in [0.25, 0.3) is 0 Å². The fourth-order valence-corrected chi connectivity index (χ4v) is 4.43. The summed E-state index contributed by atoms with van der Waals surface area (Å²) >= 11 is 0. The molecule has 3 aliphatic rings. The smallest absolute Gasteiger partial charge is 0.142 e. The highest BCUT2D eigenvalue weighted by molar-refractivity contribution is 5.87. The van der Waals surface area contributed by atoms with Crippen molar-refractivity contribution in [1.82, 2.24) is 0 Å². The van der Waals surface area contributed by atoms with E-state index in [9.17, 15) is 4.79 Å². The molecule has 0 aromatic heterocycles. The number of ether oxygens (including phenoxy) is 1. The van der Waals surface area contributed by atoms with Crippen molar-refractivity contribution in [2.75, 3.05) is 6.61 Å². The first-order valence-electron chi connectivity index (χ1n) is 7.88. The van der Waals surface area contributed by atoms with Crippen LogP contribution >= 0.6 is 0 Å². The minimum Gasteiger partial charge on any atom is -0.375 e. The number of carbonyl (C=O) groups excluding carboxylic acids is 1. The van der Waals surface area contributed by atoms with Crippen molar-refractivity contribution in [2.24, 2.45) is 11.3 Å². The third kappa shape index (κ3) is 1.93. The zero-order chi connectivity index (χ0) is 12.6. The van der Waals surface area contributed by atoms with E-state index < -0.39 is 0 Å². The molecule has 18 heavy (non-hydrogen) atoms. The van der Waals surface area contributed by atoms with Crippen LogP contribution in [0.5, 0.6) is 0 Å². The molecule has 102 valence electrons. The van der Waals surface area contributed by atoms with Gasteiger partial charge < -0.3 is 4.74 Å². The molecule has 1 atom stereocenters. The molecule has 2 aliphatic carbocycles. The number of hydrogen-bond acceptors (Lipinski definition) is 2. The maximum absolute atomic E-state index is 12.9. The lowest BCUT2D eigenvalue weighted by Gasteiger charge is -2.48. The Morgan fingerprint density at radius 1 is 1.17 bits per heavy atom. The van der Waals surface area contributed by atoms with Crippen molar-refractivity contribution in [1.29, 1.82) is 0 Å². The van der Waals surface area contributed by atoms with E-state index in [-0.39, 0.29) is 11.0 Å². The molecular formula is C16H26O2. The number of ketones is 1. The lowest BCUT2D eigenvalue weighted by atomic mass is 9.66. The summed E-state index contributed by atoms with van der Waals surface area (Å²) in [6.07, 6.45) is 11.5. The Balaban J connectivity index is 1.71. The maximum atomic E-state index is 12.9. The van der Waals surface area contributed by atoms with Gasteiger partial charge in [-0.15, -0.1) is 0 Å². The highest BCUT2D eigenvalue weighted by Crippen LogP contribution is 2.49. The third-order valence-corrected chi connectivity index (χ3v) is 5.89. The highest BCUT2D eigenvalue weighted by atomic mass is 16.5. The van der Waals surface area contributed by atoms with Crippen molar-refractivity contribution in [3.63, 3.8) is 0 Å². The molecular weight excluding hydrogens is 224 g/mol. The second-order valence-electron chi connectivity index (χ2n) is 6.78. The SMILES string of the molecule is CCC1(C(=O)C2CCOC3(CCC3)C2)CCCC1. The summed E-state index contributed by atoms with van der Waals surface area (Å²) < 4.78 is 5.96. The molecule has 3 fully saturated rings. The normalized spacial score (nSPS) is 33.3. The van der Waals surface area contributed by atoms with Gasteiger partial charge in [0, 0.05) is 17.9 Å². The van der Waals surface area contributed by atoms with E-state index >= 15 is 0 Å². The van der Waals surface area contributed by atoms with Crippen molar-refractivity contribution < 1.29 is 9.53 Å². The number of carbonyl (C=O) groups is 1. The van der Waals surface area contributed by atoms with E-state index in [0.29, 0.717) is 11.7 Å². The van der Waals surface area contributed by atoms with Gasteiger partial charge in [0.05, 0.1) is 5.60 Å². The van der Waals surface area contributed by atoms with Crippen LogP contribution in [0.3, 0.4) is 0 Å². The molecule has 2 nitrogen and oxygen atoms in total. The monoisotopic (exact) mass is 250 g/mol. The predicted octanol–water partition coefficient (Wildman–Crippen LogP) is 3.88. The van der Waals surface area contributed by atoms with Crippen LogP contribution in [0.15, 0.2) is 0 Å². The van der Waals surface area contributed by atoms with E-state index in [1.165, 1.54) is 32.1 Å². The van der Waals surface area contributed by atoms with Crippen LogP contribution in [-0.2, 0) is 9.53 Å². The Hall–Kier alpha value is -0.370. The molecule has 1 aliphatic heterocycles. The molecule has 1 saturated heterocycles. The van der Waals surface area contributed by atoms with Crippen LogP contribution < -0.4 is 0 Å². The molecule has 0 radical (unpaired) electrons. The molecule has 1 heterocycles. The Kier molecular flexibility index (Phi) is 3.25. The first kappa shape index (κ1) is 12.7. The van der Waals surface area contributed by atoms with Gasteiger partial charge in [-0.25, -0.2) is 0 Å². The van der Waals surface area contributed by atoms with Gasteiger partial charge in [0.1, 0.15) is 5.78 Å². The first-order chi connectivity index (χ1) is 8.70. The number of hydrogen-bond donors (Lipinski definition) is 0. The standard InChI is InChI=1S/C16H26O2/c1-2-15(7-3-4-8-15)14(17)13-6-11-18-16(12-13)9-5-10-16/h13H,2-12H2,1H3. The van der Waals surface area contributed by atoms with Gasteiger partial charge in [0.25, 0.3) is 0 Å². The number of Topliss-reactive ketones (excluding diaryl/α,β-unsaturated/α-hetero) is 1. The lowest BCUT2D eigenvalue weighted by molar-refractivity contribution is -0.161. The van der Waals surface area contributed by atoms with Gasteiger partial charge in [-0.3, -0.25) is 4.79 Å². The molecule has 3 rings (SSSR count). The Bertz CT molecular complexity index is 324. The van der Waals surface area contributed by atoms with Gasteiger partial charge in [-0.1, -0.05) is 19.8 Å². The van der Waals surface area contributed by atoms with Gasteiger partial charge in [0.15, 0.2) is 0 Å². The summed E-state index contributed by atoms with van der Waals surface area (Å²) in [6.45, 7) is 3.03. The minimum atomic E-state index is 0.0486. The second-order valence-corrected chi connectivity index (χ2v) is 6.78. The average molecular weight is 250 g/mol. The molecule has 0 bridgehead atoms. The van der Waals surface area contributed by atoms with Crippen molar-refractivity contribution >= 4 is 5.78 Å². The van der Waals surface area contributed by atoms with E-state index in [2.05, 4.69) is 6.92 Å². The topological polar surface area (TPSA) is 26.3 Å². The second kappa shape index (κ2) is 4.63. The third-order valence-electron chi connectivity index (χ3n) is 5.89. The summed E-state index contributed by atoms with van der Waals surface area (Å²) in [7, 11) is 0. The maximum Gasteiger partial charge on any atom is 0.142 e. The quantitative estimate of drug-likeness (QED) is 0.760. The lowest BCUT2D eigenvalue weighted by Crippen LogP contribution is -2.49. The molecule has 2 heteroatoms. The van der Waals surface area contributed by atoms with E-state index in [1.807, 2.05) is 0 Å². The van der Waals surface area contributed by atoms with Crippen LogP contribution in [0.4, 0.5) is 0 Å². The summed E-state index contributed by atoms with van der Waals surface area (Å²) in [5.74, 6) is 0.897. The molecule has 1 unspecified atom stereocenters. The fraction of sp³-hybridized carbons (Fsp3) is 0.938. The Morgan fingerprint density at radius 3 is 2.44 bits per heavy atom. The molecule has 0 aromatic rings. The van der Waals surface area contributed by atoms with E-state index in [1.54, 1.807) is 0 Å². The van der Waals surface area contributed by atoms with Crippen molar-refractivity contribution in [3.8, 4) is 0 Å².